The molecule has 0 amide bonds. The first-order valence-corrected chi connectivity index (χ1v) is 8.28. The van der Waals surface area contributed by atoms with Gasteiger partial charge in [-0.1, -0.05) is 13.8 Å². The zero-order valence-electron chi connectivity index (χ0n) is 14.6. The molecule has 3 aromatic rings. The monoisotopic (exact) mass is 339 g/mol. The molecule has 0 spiro atoms. The molecule has 0 aliphatic carbocycles. The van der Waals surface area contributed by atoms with Gasteiger partial charge in [-0.15, -0.1) is 0 Å². The molecule has 6 heteroatoms. The third-order valence-corrected chi connectivity index (χ3v) is 3.94. The molecule has 0 unspecified atom stereocenters. The molecule has 3 rings (SSSR count). The number of hydrogen-bond donors (Lipinski definition) is 1. The van der Waals surface area contributed by atoms with Crippen LogP contribution in [-0.4, -0.2) is 32.3 Å². The molecule has 0 bridgehead atoms. The minimum absolute atomic E-state index is 0.0124. The highest BCUT2D eigenvalue weighted by Crippen LogP contribution is 2.23. The van der Waals surface area contributed by atoms with E-state index in [1.807, 2.05) is 37.3 Å². The Morgan fingerprint density at radius 1 is 1.24 bits per heavy atom. The Kier molecular flexibility index (Phi) is 4.70. The molecule has 0 saturated carbocycles. The molecule has 2 aromatic heterocycles. The summed E-state index contributed by atoms with van der Waals surface area (Å²) in [4.78, 5) is 15.6. The van der Waals surface area contributed by atoms with E-state index in [-0.39, 0.29) is 5.69 Å². The fourth-order valence-electron chi connectivity index (χ4n) is 2.51. The summed E-state index contributed by atoms with van der Waals surface area (Å²) in [6.45, 7) is 6.92. The molecule has 0 aliphatic rings. The van der Waals surface area contributed by atoms with Gasteiger partial charge in [-0.3, -0.25) is 0 Å². The molecule has 0 aliphatic heterocycles. The van der Waals surface area contributed by atoms with Gasteiger partial charge in [-0.25, -0.2) is 14.3 Å². The molecule has 130 valence electrons. The number of aromatic nitrogens is 3. The highest BCUT2D eigenvalue weighted by Gasteiger charge is 2.12. The number of nitrogens with zero attached hydrogens (tertiary/aromatic N) is 3. The predicted octanol–water partition coefficient (Wildman–Crippen LogP) is 3.83. The molecule has 0 atom stereocenters. The van der Waals surface area contributed by atoms with Gasteiger partial charge in [0.1, 0.15) is 5.75 Å². The van der Waals surface area contributed by atoms with Crippen molar-refractivity contribution >= 4 is 11.6 Å². The lowest BCUT2D eigenvalue weighted by Crippen LogP contribution is -2.01. The van der Waals surface area contributed by atoms with Gasteiger partial charge in [-0.2, -0.15) is 5.10 Å². The number of hydrogen-bond acceptors (Lipinski definition) is 4. The Bertz CT molecular complexity index is 898. The van der Waals surface area contributed by atoms with Crippen LogP contribution in [0, 0.1) is 12.8 Å². The van der Waals surface area contributed by atoms with Crippen molar-refractivity contribution in [2.24, 2.45) is 5.92 Å². The second-order valence-corrected chi connectivity index (χ2v) is 6.44. The van der Waals surface area contributed by atoms with Crippen LogP contribution in [0.1, 0.15) is 36.5 Å². The van der Waals surface area contributed by atoms with Gasteiger partial charge in [0.15, 0.2) is 11.3 Å². The van der Waals surface area contributed by atoms with Crippen molar-refractivity contribution < 1.29 is 14.6 Å². The van der Waals surface area contributed by atoms with Crippen LogP contribution in [0.4, 0.5) is 0 Å². The Hall–Kier alpha value is -2.89. The van der Waals surface area contributed by atoms with Gasteiger partial charge in [0.2, 0.25) is 0 Å². The Morgan fingerprint density at radius 2 is 1.96 bits per heavy atom. The first-order chi connectivity index (χ1) is 11.9. The number of benzene rings is 1. The van der Waals surface area contributed by atoms with E-state index < -0.39 is 5.97 Å². The van der Waals surface area contributed by atoms with Gasteiger partial charge in [0.05, 0.1) is 12.3 Å². The van der Waals surface area contributed by atoms with Gasteiger partial charge in [0, 0.05) is 17.3 Å². The van der Waals surface area contributed by atoms with Gasteiger partial charge in [-0.05, 0) is 49.6 Å². The summed E-state index contributed by atoms with van der Waals surface area (Å²) in [6, 6.07) is 11.1. The number of carboxylic acid groups (broad SMARTS) is 1. The largest absolute Gasteiger partial charge is 0.494 e. The first kappa shape index (κ1) is 17.0. The topological polar surface area (TPSA) is 76.7 Å². The van der Waals surface area contributed by atoms with Crippen LogP contribution in [0.5, 0.6) is 5.75 Å². The quantitative estimate of drug-likeness (QED) is 0.738. The molecule has 1 N–H and O–H groups in total. The third kappa shape index (κ3) is 3.79. The van der Waals surface area contributed by atoms with Crippen molar-refractivity contribution in [3.05, 3.63) is 47.8 Å². The third-order valence-electron chi connectivity index (χ3n) is 3.94. The minimum Gasteiger partial charge on any atom is -0.494 e. The van der Waals surface area contributed by atoms with Crippen molar-refractivity contribution in [3.8, 4) is 17.0 Å². The smallest absolute Gasteiger partial charge is 0.356 e. The highest BCUT2D eigenvalue weighted by molar-refractivity contribution is 5.86. The summed E-state index contributed by atoms with van der Waals surface area (Å²) in [5, 5.41) is 13.1. The highest BCUT2D eigenvalue weighted by atomic mass is 16.5. The number of ether oxygens (including phenoxy) is 1. The van der Waals surface area contributed by atoms with E-state index in [1.165, 1.54) is 10.6 Å². The summed E-state index contributed by atoms with van der Waals surface area (Å²) in [6.07, 6.45) is 1.02. The van der Waals surface area contributed by atoms with Crippen molar-refractivity contribution in [3.63, 3.8) is 0 Å². The van der Waals surface area contributed by atoms with Crippen LogP contribution in [0.15, 0.2) is 36.4 Å². The van der Waals surface area contributed by atoms with Crippen molar-refractivity contribution in [2.75, 3.05) is 6.61 Å². The van der Waals surface area contributed by atoms with E-state index in [0.29, 0.717) is 18.2 Å². The molecule has 0 fully saturated rings. The van der Waals surface area contributed by atoms with E-state index in [1.54, 1.807) is 0 Å². The fourth-order valence-corrected chi connectivity index (χ4v) is 2.51. The van der Waals surface area contributed by atoms with Crippen molar-refractivity contribution in [1.82, 2.24) is 14.6 Å². The zero-order valence-corrected chi connectivity index (χ0v) is 14.6. The number of rotatable bonds is 6. The van der Waals surface area contributed by atoms with Gasteiger partial charge >= 0.3 is 5.97 Å². The number of aromatic carboxylic acids is 1. The maximum absolute atomic E-state index is 11.1. The Morgan fingerprint density at radius 3 is 2.60 bits per heavy atom. The zero-order chi connectivity index (χ0) is 18.0. The van der Waals surface area contributed by atoms with E-state index >= 15 is 0 Å². The molecule has 1 aromatic carbocycles. The van der Waals surface area contributed by atoms with Crippen LogP contribution in [0.25, 0.3) is 16.9 Å². The van der Waals surface area contributed by atoms with E-state index in [4.69, 9.17) is 9.84 Å². The molecule has 6 nitrogen and oxygen atoms in total. The van der Waals surface area contributed by atoms with Crippen LogP contribution in [0.3, 0.4) is 0 Å². The molecule has 0 saturated heterocycles. The second-order valence-electron chi connectivity index (χ2n) is 6.44. The maximum Gasteiger partial charge on any atom is 0.356 e. The van der Waals surface area contributed by atoms with Gasteiger partial charge in [0.25, 0.3) is 0 Å². The number of carboxylic acids is 1. The number of fused-ring (bicyclic) bond motifs is 1. The average molecular weight is 339 g/mol. The van der Waals surface area contributed by atoms with Crippen molar-refractivity contribution in [2.45, 2.75) is 27.2 Å². The molecular weight excluding hydrogens is 318 g/mol. The second kappa shape index (κ2) is 6.93. The average Bonchev–Trinajstić information content (AvgIpc) is 3.00. The molecule has 2 heterocycles. The normalized spacial score (nSPS) is 11.2. The SMILES string of the molecule is Cc1cc(-c2ccc(OCCC(C)C)cc2)nc2cc(C(=O)O)nn12. The van der Waals surface area contributed by atoms with E-state index in [2.05, 4.69) is 23.9 Å². The van der Waals surface area contributed by atoms with E-state index in [0.717, 1.165) is 29.1 Å². The maximum atomic E-state index is 11.1. The number of aryl methyl sites for hydroxylation is 1. The van der Waals surface area contributed by atoms with E-state index in [9.17, 15) is 4.79 Å². The summed E-state index contributed by atoms with van der Waals surface area (Å²) in [5.74, 6) is 0.388. The lowest BCUT2D eigenvalue weighted by molar-refractivity contribution is 0.0690. The Balaban J connectivity index is 1.84. The van der Waals surface area contributed by atoms with Crippen LogP contribution >= 0.6 is 0 Å². The van der Waals surface area contributed by atoms with Gasteiger partial charge < -0.3 is 9.84 Å². The fraction of sp³-hybridized carbons (Fsp3) is 0.316. The number of carbonyl (C=O) groups is 1. The molecule has 0 radical (unpaired) electrons. The molecular formula is C19H21N3O3. The Labute approximate surface area is 146 Å². The molecule has 25 heavy (non-hydrogen) atoms. The standard InChI is InChI=1S/C19H21N3O3/c1-12(2)8-9-25-15-6-4-14(5-7-15)16-10-13(3)22-18(20-16)11-17(21-22)19(23)24/h4-7,10-12H,8-9H2,1-3H3,(H,23,24). The first-order valence-electron chi connectivity index (χ1n) is 8.28. The summed E-state index contributed by atoms with van der Waals surface area (Å²) in [5.41, 5.74) is 3.05. The summed E-state index contributed by atoms with van der Waals surface area (Å²) < 4.78 is 7.27. The lowest BCUT2D eigenvalue weighted by Gasteiger charge is -2.09. The predicted molar refractivity (Wildman–Crippen MR) is 95.1 cm³/mol. The lowest BCUT2D eigenvalue weighted by atomic mass is 10.1. The van der Waals surface area contributed by atoms with Crippen molar-refractivity contribution in [1.29, 1.82) is 0 Å². The minimum atomic E-state index is -1.06. The summed E-state index contributed by atoms with van der Waals surface area (Å²) in [7, 11) is 0. The van der Waals surface area contributed by atoms with Crippen LogP contribution in [-0.2, 0) is 0 Å². The summed E-state index contributed by atoms with van der Waals surface area (Å²) >= 11 is 0. The van der Waals surface area contributed by atoms with Crippen LogP contribution in [0.2, 0.25) is 0 Å². The van der Waals surface area contributed by atoms with Crippen LogP contribution < -0.4 is 4.74 Å².